The summed E-state index contributed by atoms with van der Waals surface area (Å²) >= 11 is 7.69. The van der Waals surface area contributed by atoms with E-state index in [2.05, 4.69) is 0 Å². The first-order valence-corrected chi connectivity index (χ1v) is 12.1. The second-order valence-corrected chi connectivity index (χ2v) is 9.65. The molecule has 1 fully saturated rings. The van der Waals surface area contributed by atoms with Crippen LogP contribution in [0.15, 0.2) is 18.2 Å². The van der Waals surface area contributed by atoms with E-state index in [1.54, 1.807) is 7.05 Å². The van der Waals surface area contributed by atoms with E-state index in [1.807, 2.05) is 25.1 Å². The molecule has 0 bridgehead atoms. The highest BCUT2D eigenvalue weighted by Gasteiger charge is 2.19. The molecule has 3 rings (SSSR count). The summed E-state index contributed by atoms with van der Waals surface area (Å²) in [5.74, 6) is 0.829. The molecule has 0 atom stereocenters. The zero-order chi connectivity index (χ0) is 22.2. The van der Waals surface area contributed by atoms with Gasteiger partial charge in [-0.15, -0.1) is 11.3 Å². The molecule has 0 radical (unpaired) electrons. The molecule has 2 heterocycles. The third-order valence-corrected chi connectivity index (χ3v) is 6.79. The van der Waals surface area contributed by atoms with Crippen LogP contribution >= 0.6 is 22.9 Å². The highest BCUT2D eigenvalue weighted by molar-refractivity contribution is 7.19. The number of pyridine rings is 1. The summed E-state index contributed by atoms with van der Waals surface area (Å²) in [5, 5.41) is 8.87. The van der Waals surface area contributed by atoms with E-state index in [1.165, 1.54) is 35.5 Å². The SMILES string of the molecule is Cc1nc(-c2sc(Cl)cc2COC(=O)N(C)CCCCO)ccc1OC1CCCCC1. The number of amides is 1. The van der Waals surface area contributed by atoms with Crippen LogP contribution < -0.4 is 4.74 Å². The first-order chi connectivity index (χ1) is 15.0. The van der Waals surface area contributed by atoms with Crippen molar-refractivity contribution in [3.05, 3.63) is 33.8 Å². The average molecular weight is 467 g/mol. The molecule has 0 saturated heterocycles. The third kappa shape index (κ3) is 6.82. The fourth-order valence-electron chi connectivity index (χ4n) is 3.68. The normalized spacial score (nSPS) is 14.5. The van der Waals surface area contributed by atoms with Crippen LogP contribution in [-0.2, 0) is 11.3 Å². The number of aromatic nitrogens is 1. The van der Waals surface area contributed by atoms with Gasteiger partial charge in [0.1, 0.15) is 12.4 Å². The third-order valence-electron chi connectivity index (χ3n) is 5.46. The van der Waals surface area contributed by atoms with Crippen LogP contribution in [0.1, 0.15) is 56.2 Å². The lowest BCUT2D eigenvalue weighted by molar-refractivity contribution is 0.104. The molecule has 6 nitrogen and oxygen atoms in total. The molecule has 1 saturated carbocycles. The minimum atomic E-state index is -0.397. The lowest BCUT2D eigenvalue weighted by Crippen LogP contribution is -2.28. The Morgan fingerprint density at radius 3 is 2.77 bits per heavy atom. The van der Waals surface area contributed by atoms with Gasteiger partial charge >= 0.3 is 6.09 Å². The number of aryl methyl sites for hydroxylation is 1. The lowest BCUT2D eigenvalue weighted by Gasteiger charge is -2.23. The summed E-state index contributed by atoms with van der Waals surface area (Å²) in [7, 11) is 1.69. The Morgan fingerprint density at radius 2 is 2.06 bits per heavy atom. The van der Waals surface area contributed by atoms with Crippen molar-refractivity contribution in [3.63, 3.8) is 0 Å². The number of aliphatic hydroxyl groups is 1. The van der Waals surface area contributed by atoms with Gasteiger partial charge in [0.05, 0.1) is 26.7 Å². The fraction of sp³-hybridized carbons (Fsp3) is 0.565. The molecule has 1 aliphatic rings. The number of rotatable bonds is 9. The van der Waals surface area contributed by atoms with Crippen LogP contribution in [0.25, 0.3) is 10.6 Å². The molecule has 31 heavy (non-hydrogen) atoms. The van der Waals surface area contributed by atoms with E-state index >= 15 is 0 Å². The monoisotopic (exact) mass is 466 g/mol. The minimum Gasteiger partial charge on any atom is -0.489 e. The Kier molecular flexibility index (Phi) is 8.99. The maximum absolute atomic E-state index is 12.2. The predicted octanol–water partition coefficient (Wildman–Crippen LogP) is 5.82. The molecule has 8 heteroatoms. The van der Waals surface area contributed by atoms with E-state index in [9.17, 15) is 4.79 Å². The van der Waals surface area contributed by atoms with Crippen LogP contribution in [0.4, 0.5) is 4.79 Å². The van der Waals surface area contributed by atoms with Crippen molar-refractivity contribution in [3.8, 4) is 16.3 Å². The first kappa shape index (κ1) is 23.8. The van der Waals surface area contributed by atoms with Gasteiger partial charge in [0.15, 0.2) is 0 Å². The summed E-state index contributed by atoms with van der Waals surface area (Å²) in [5.41, 5.74) is 2.48. The summed E-state index contributed by atoms with van der Waals surface area (Å²) in [6.45, 7) is 2.75. The zero-order valence-corrected chi connectivity index (χ0v) is 19.8. The summed E-state index contributed by atoms with van der Waals surface area (Å²) < 4.78 is 12.3. The molecule has 1 aliphatic carbocycles. The maximum Gasteiger partial charge on any atom is 0.409 e. The van der Waals surface area contributed by atoms with E-state index < -0.39 is 6.09 Å². The van der Waals surface area contributed by atoms with E-state index in [0.717, 1.165) is 46.8 Å². The largest absolute Gasteiger partial charge is 0.489 e. The van der Waals surface area contributed by atoms with Gasteiger partial charge in [0.25, 0.3) is 0 Å². The summed E-state index contributed by atoms with van der Waals surface area (Å²) in [6.07, 6.45) is 7.22. The number of aliphatic hydroxyl groups excluding tert-OH is 1. The Bertz CT molecular complexity index is 867. The van der Waals surface area contributed by atoms with E-state index in [-0.39, 0.29) is 19.3 Å². The molecule has 170 valence electrons. The Labute approximate surface area is 193 Å². The highest BCUT2D eigenvalue weighted by atomic mass is 35.5. The smallest absolute Gasteiger partial charge is 0.409 e. The molecular weight excluding hydrogens is 436 g/mol. The number of halogens is 1. The van der Waals surface area contributed by atoms with Gasteiger partial charge in [-0.1, -0.05) is 18.0 Å². The number of ether oxygens (including phenoxy) is 2. The van der Waals surface area contributed by atoms with Gasteiger partial charge < -0.3 is 19.5 Å². The van der Waals surface area contributed by atoms with Gasteiger partial charge in [0.2, 0.25) is 0 Å². The lowest BCUT2D eigenvalue weighted by atomic mass is 9.98. The van der Waals surface area contributed by atoms with E-state index in [4.69, 9.17) is 31.2 Å². The molecule has 0 aliphatic heterocycles. The van der Waals surface area contributed by atoms with Crippen molar-refractivity contribution in [1.82, 2.24) is 9.88 Å². The molecule has 2 aromatic rings. The summed E-state index contributed by atoms with van der Waals surface area (Å²) in [4.78, 5) is 19.4. The van der Waals surface area contributed by atoms with Crippen molar-refractivity contribution in [2.75, 3.05) is 20.2 Å². The number of hydrogen-bond acceptors (Lipinski definition) is 6. The zero-order valence-electron chi connectivity index (χ0n) is 18.2. The average Bonchev–Trinajstić information content (AvgIpc) is 3.14. The molecular formula is C23H31ClN2O4S. The number of thiophene rings is 1. The number of unbranched alkanes of at least 4 members (excludes halogenated alkanes) is 1. The van der Waals surface area contributed by atoms with Crippen LogP contribution in [0, 0.1) is 6.92 Å². The van der Waals surface area contributed by atoms with Crippen molar-refractivity contribution in [2.24, 2.45) is 0 Å². The minimum absolute atomic E-state index is 0.122. The van der Waals surface area contributed by atoms with Crippen molar-refractivity contribution in [2.45, 2.75) is 64.6 Å². The molecule has 0 spiro atoms. The molecule has 0 aromatic carbocycles. The number of nitrogens with zero attached hydrogens (tertiary/aromatic N) is 2. The number of hydrogen-bond donors (Lipinski definition) is 1. The van der Waals surface area contributed by atoms with Crippen LogP contribution in [0.3, 0.4) is 0 Å². The Hall–Kier alpha value is -1.83. The van der Waals surface area contributed by atoms with Crippen LogP contribution in [0.5, 0.6) is 5.75 Å². The van der Waals surface area contributed by atoms with Gasteiger partial charge in [-0.25, -0.2) is 9.78 Å². The molecule has 1 N–H and O–H groups in total. The Balaban J connectivity index is 1.65. The molecule has 2 aromatic heterocycles. The van der Waals surface area contributed by atoms with Gasteiger partial charge in [0, 0.05) is 25.8 Å². The van der Waals surface area contributed by atoms with Crippen molar-refractivity contribution >= 4 is 29.0 Å². The first-order valence-electron chi connectivity index (χ1n) is 10.9. The predicted molar refractivity (Wildman–Crippen MR) is 124 cm³/mol. The maximum atomic E-state index is 12.2. The second kappa shape index (κ2) is 11.7. The van der Waals surface area contributed by atoms with Gasteiger partial charge in [-0.3, -0.25) is 0 Å². The fourth-order valence-corrected chi connectivity index (χ4v) is 4.91. The highest BCUT2D eigenvalue weighted by Crippen LogP contribution is 2.36. The van der Waals surface area contributed by atoms with E-state index in [0.29, 0.717) is 17.3 Å². The standard InChI is InChI=1S/C23H31ClN2O4S/c1-16-20(30-18-8-4-3-5-9-18)11-10-19(25-16)22-17(14-21(24)31-22)15-29-23(28)26(2)12-6-7-13-27/h10-11,14,18,27H,3-9,12-13,15H2,1-2H3. The quantitative estimate of drug-likeness (QED) is 0.471. The van der Waals surface area contributed by atoms with Gasteiger partial charge in [-0.05, 0) is 63.6 Å². The molecule has 0 unspecified atom stereocenters. The Morgan fingerprint density at radius 1 is 1.29 bits per heavy atom. The van der Waals surface area contributed by atoms with Crippen molar-refractivity contribution in [1.29, 1.82) is 0 Å². The second-order valence-electron chi connectivity index (χ2n) is 7.97. The van der Waals surface area contributed by atoms with Crippen LogP contribution in [0.2, 0.25) is 4.34 Å². The van der Waals surface area contributed by atoms with Crippen molar-refractivity contribution < 1.29 is 19.4 Å². The number of carbonyl (C=O) groups excluding carboxylic acids is 1. The van der Waals surface area contributed by atoms with Gasteiger partial charge in [-0.2, -0.15) is 0 Å². The summed E-state index contributed by atoms with van der Waals surface area (Å²) in [6, 6.07) is 5.74. The number of carbonyl (C=O) groups is 1. The molecule has 1 amide bonds. The topological polar surface area (TPSA) is 71.9 Å². The van der Waals surface area contributed by atoms with Crippen LogP contribution in [-0.4, -0.2) is 47.4 Å².